The van der Waals surface area contributed by atoms with E-state index >= 15 is 0 Å². The molecule has 0 unspecified atom stereocenters. The van der Waals surface area contributed by atoms with E-state index < -0.39 is 28.3 Å². The summed E-state index contributed by atoms with van der Waals surface area (Å²) in [5, 5.41) is -0.940. The summed E-state index contributed by atoms with van der Waals surface area (Å²) < 4.78 is 42.7. The number of hydrogen-bond acceptors (Lipinski definition) is 2. The molecule has 0 bridgehead atoms. The van der Waals surface area contributed by atoms with Crippen LogP contribution in [0.2, 0.25) is 10.0 Å². The lowest BCUT2D eigenvalue weighted by molar-refractivity contribution is -0.138. The maximum Gasteiger partial charge on any atom is 0.418 e. The van der Waals surface area contributed by atoms with Crippen molar-refractivity contribution in [1.82, 2.24) is 0 Å². The lowest BCUT2D eigenvalue weighted by Crippen LogP contribution is -2.16. The molecule has 17 heavy (non-hydrogen) atoms. The van der Waals surface area contributed by atoms with Gasteiger partial charge in [0.05, 0.1) is 27.8 Å². The van der Waals surface area contributed by atoms with Crippen LogP contribution in [0, 0.1) is 0 Å². The Hall–Kier alpha value is -0.940. The number of rotatable bonds is 2. The van der Waals surface area contributed by atoms with Crippen LogP contribution in [0.1, 0.15) is 22.8 Å². The molecule has 0 amide bonds. The van der Waals surface area contributed by atoms with Gasteiger partial charge < -0.3 is 4.74 Å². The summed E-state index contributed by atoms with van der Waals surface area (Å²) in [7, 11) is 0. The Balaban J connectivity index is 3.46. The van der Waals surface area contributed by atoms with E-state index in [0.29, 0.717) is 0 Å². The fourth-order valence-corrected chi connectivity index (χ4v) is 1.73. The molecular formula is C10H7Cl2F3O2. The van der Waals surface area contributed by atoms with E-state index in [1.54, 1.807) is 0 Å². The number of ether oxygens (including phenoxy) is 1. The van der Waals surface area contributed by atoms with Crippen LogP contribution in [0.3, 0.4) is 0 Å². The van der Waals surface area contributed by atoms with Crippen molar-refractivity contribution in [3.63, 3.8) is 0 Å². The molecule has 0 aliphatic carbocycles. The molecule has 94 valence electrons. The molecule has 1 aromatic rings. The Morgan fingerprint density at radius 1 is 1.29 bits per heavy atom. The fraction of sp³-hybridized carbons (Fsp3) is 0.300. The molecule has 0 saturated heterocycles. The summed E-state index contributed by atoms with van der Waals surface area (Å²) in [6.45, 7) is 1.42. The summed E-state index contributed by atoms with van der Waals surface area (Å²) in [6, 6.07) is 2.10. The number of hydrogen-bond donors (Lipinski definition) is 0. The number of carbonyl (C=O) groups excluding carboxylic acids is 1. The highest BCUT2D eigenvalue weighted by molar-refractivity contribution is 6.36. The SMILES string of the molecule is CCOC(=O)c1c(Cl)ccc(Cl)c1C(F)(F)F. The lowest BCUT2D eigenvalue weighted by Gasteiger charge is -2.14. The van der Waals surface area contributed by atoms with E-state index in [-0.39, 0.29) is 11.6 Å². The minimum absolute atomic E-state index is 0.0566. The molecule has 0 spiro atoms. The Kier molecular flexibility index (Phi) is 4.27. The van der Waals surface area contributed by atoms with Crippen molar-refractivity contribution in [1.29, 1.82) is 0 Å². The van der Waals surface area contributed by atoms with E-state index in [4.69, 9.17) is 23.2 Å². The predicted molar refractivity (Wildman–Crippen MR) is 57.4 cm³/mol. The second kappa shape index (κ2) is 5.14. The van der Waals surface area contributed by atoms with Crippen molar-refractivity contribution in [2.45, 2.75) is 13.1 Å². The second-order valence-corrected chi connectivity index (χ2v) is 3.81. The van der Waals surface area contributed by atoms with Gasteiger partial charge in [-0.3, -0.25) is 0 Å². The van der Waals surface area contributed by atoms with Gasteiger partial charge in [0, 0.05) is 0 Å². The van der Waals surface area contributed by atoms with Gasteiger partial charge >= 0.3 is 12.1 Å². The van der Waals surface area contributed by atoms with Crippen LogP contribution >= 0.6 is 23.2 Å². The fourth-order valence-electron chi connectivity index (χ4n) is 1.23. The van der Waals surface area contributed by atoms with Crippen LogP contribution in [0.5, 0.6) is 0 Å². The minimum Gasteiger partial charge on any atom is -0.462 e. The Bertz CT molecular complexity index is 444. The van der Waals surface area contributed by atoms with Gasteiger partial charge in [0.1, 0.15) is 0 Å². The maximum atomic E-state index is 12.7. The van der Waals surface area contributed by atoms with Crippen molar-refractivity contribution < 1.29 is 22.7 Å². The molecule has 0 saturated carbocycles. The Morgan fingerprint density at radius 2 is 1.82 bits per heavy atom. The summed E-state index contributed by atoms with van der Waals surface area (Å²) in [5.74, 6) is -1.15. The molecular weight excluding hydrogens is 280 g/mol. The molecule has 0 aliphatic rings. The number of benzene rings is 1. The van der Waals surface area contributed by atoms with Crippen LogP contribution in [-0.2, 0) is 10.9 Å². The van der Waals surface area contributed by atoms with Gasteiger partial charge in [0.25, 0.3) is 0 Å². The predicted octanol–water partition coefficient (Wildman–Crippen LogP) is 4.19. The van der Waals surface area contributed by atoms with Crippen LogP contribution < -0.4 is 0 Å². The van der Waals surface area contributed by atoms with E-state index in [0.717, 1.165) is 12.1 Å². The van der Waals surface area contributed by atoms with Crippen LogP contribution in [-0.4, -0.2) is 12.6 Å². The third-order valence-electron chi connectivity index (χ3n) is 1.87. The van der Waals surface area contributed by atoms with Gasteiger partial charge in [-0.1, -0.05) is 23.2 Å². The van der Waals surface area contributed by atoms with Crippen molar-refractivity contribution in [3.8, 4) is 0 Å². The van der Waals surface area contributed by atoms with E-state index in [2.05, 4.69) is 4.74 Å². The van der Waals surface area contributed by atoms with E-state index in [1.807, 2.05) is 0 Å². The third kappa shape index (κ3) is 3.04. The van der Waals surface area contributed by atoms with Gasteiger partial charge in [0.2, 0.25) is 0 Å². The number of esters is 1. The molecule has 1 aromatic carbocycles. The van der Waals surface area contributed by atoms with Crippen LogP contribution in [0.15, 0.2) is 12.1 Å². The monoisotopic (exact) mass is 286 g/mol. The number of halogens is 5. The van der Waals surface area contributed by atoms with Crippen molar-refractivity contribution in [3.05, 3.63) is 33.3 Å². The van der Waals surface area contributed by atoms with Crippen LogP contribution in [0.25, 0.3) is 0 Å². The van der Waals surface area contributed by atoms with E-state index in [9.17, 15) is 18.0 Å². The minimum atomic E-state index is -4.77. The standard InChI is InChI=1S/C10H7Cl2F3O2/c1-2-17-9(16)7-5(11)3-4-6(12)8(7)10(13,14)15/h3-4H,2H2,1H3. The summed E-state index contributed by atoms with van der Waals surface area (Å²) in [4.78, 5) is 11.4. The number of alkyl halides is 3. The molecule has 0 fully saturated rings. The first-order valence-corrected chi connectivity index (χ1v) is 5.27. The average molecular weight is 287 g/mol. The molecule has 2 nitrogen and oxygen atoms in total. The summed E-state index contributed by atoms with van der Waals surface area (Å²) in [6.07, 6.45) is -4.77. The van der Waals surface area contributed by atoms with Gasteiger partial charge in [-0.15, -0.1) is 0 Å². The smallest absolute Gasteiger partial charge is 0.418 e. The molecule has 1 rings (SSSR count). The Morgan fingerprint density at radius 3 is 2.29 bits per heavy atom. The summed E-state index contributed by atoms with van der Waals surface area (Å²) in [5.41, 5.74) is -2.03. The molecule has 0 aromatic heterocycles. The molecule has 0 aliphatic heterocycles. The molecule has 0 radical (unpaired) electrons. The van der Waals surface area contributed by atoms with Crippen molar-refractivity contribution in [2.75, 3.05) is 6.61 Å². The largest absolute Gasteiger partial charge is 0.462 e. The third-order valence-corrected chi connectivity index (χ3v) is 2.50. The maximum absolute atomic E-state index is 12.7. The van der Waals surface area contributed by atoms with Crippen LogP contribution in [0.4, 0.5) is 13.2 Å². The second-order valence-electron chi connectivity index (χ2n) is 3.00. The highest BCUT2D eigenvalue weighted by atomic mass is 35.5. The van der Waals surface area contributed by atoms with E-state index in [1.165, 1.54) is 6.92 Å². The van der Waals surface area contributed by atoms with Crippen molar-refractivity contribution in [2.24, 2.45) is 0 Å². The molecule has 0 heterocycles. The van der Waals surface area contributed by atoms with Gasteiger partial charge in [-0.2, -0.15) is 13.2 Å². The highest BCUT2D eigenvalue weighted by Crippen LogP contribution is 2.40. The van der Waals surface area contributed by atoms with Crippen molar-refractivity contribution >= 4 is 29.2 Å². The zero-order valence-corrected chi connectivity index (χ0v) is 10.1. The molecule has 0 N–H and O–H groups in total. The topological polar surface area (TPSA) is 26.3 Å². The zero-order chi connectivity index (χ0) is 13.2. The zero-order valence-electron chi connectivity index (χ0n) is 8.57. The lowest BCUT2D eigenvalue weighted by atomic mass is 10.1. The molecule has 0 atom stereocenters. The first kappa shape index (κ1) is 14.1. The normalized spacial score (nSPS) is 11.4. The number of carbonyl (C=O) groups is 1. The first-order valence-electron chi connectivity index (χ1n) is 4.51. The Labute approximate surface area is 105 Å². The summed E-state index contributed by atoms with van der Waals surface area (Å²) >= 11 is 11.0. The highest BCUT2D eigenvalue weighted by Gasteiger charge is 2.39. The first-order chi connectivity index (χ1) is 7.79. The van der Waals surface area contributed by atoms with Gasteiger partial charge in [-0.05, 0) is 19.1 Å². The van der Waals surface area contributed by atoms with Gasteiger partial charge in [-0.25, -0.2) is 4.79 Å². The average Bonchev–Trinajstić information content (AvgIpc) is 2.19. The van der Waals surface area contributed by atoms with Gasteiger partial charge in [0.15, 0.2) is 0 Å². The molecule has 7 heteroatoms. The quantitative estimate of drug-likeness (QED) is 0.762.